The standard InChI is InChI=1S/C24H29BO3/c1-22(2)23(3,4)28-25(27-22)24(15-19-11-7-5-8-12-19)16-21(17-26-18-24)20-13-9-6-10-14-20/h5-14,16H,15,17-18H2,1-4H3. The molecule has 2 aromatic rings. The molecule has 0 saturated carbocycles. The summed E-state index contributed by atoms with van der Waals surface area (Å²) < 4.78 is 19.2. The molecule has 146 valence electrons. The van der Waals surface area contributed by atoms with Crippen molar-refractivity contribution in [3.8, 4) is 0 Å². The van der Waals surface area contributed by atoms with Gasteiger partial charge in [0.1, 0.15) is 0 Å². The first-order valence-corrected chi connectivity index (χ1v) is 10.1. The number of hydrogen-bond donors (Lipinski definition) is 0. The van der Waals surface area contributed by atoms with E-state index in [1.54, 1.807) is 0 Å². The summed E-state index contributed by atoms with van der Waals surface area (Å²) in [5.41, 5.74) is 2.89. The second-order valence-corrected chi connectivity index (χ2v) is 9.01. The van der Waals surface area contributed by atoms with Crippen molar-refractivity contribution >= 4 is 12.7 Å². The maximum Gasteiger partial charge on any atom is 0.471 e. The van der Waals surface area contributed by atoms with E-state index in [4.69, 9.17) is 14.0 Å². The molecule has 3 nitrogen and oxygen atoms in total. The lowest BCUT2D eigenvalue weighted by molar-refractivity contribution is 0.00578. The Labute approximate surface area is 168 Å². The molecule has 0 bridgehead atoms. The normalized spacial score (nSPS) is 26.1. The first kappa shape index (κ1) is 19.4. The molecular formula is C24H29BO3. The lowest BCUT2D eigenvalue weighted by Crippen LogP contribution is -2.42. The van der Waals surface area contributed by atoms with Crippen LogP contribution in [0.25, 0.3) is 5.57 Å². The Morgan fingerprint density at radius 1 is 0.821 bits per heavy atom. The van der Waals surface area contributed by atoms with Gasteiger partial charge in [-0.1, -0.05) is 66.7 Å². The van der Waals surface area contributed by atoms with Gasteiger partial charge in [0.25, 0.3) is 0 Å². The highest BCUT2D eigenvalue weighted by atomic mass is 16.7. The van der Waals surface area contributed by atoms with Crippen LogP contribution in [0, 0.1) is 0 Å². The number of benzene rings is 2. The van der Waals surface area contributed by atoms with Crippen LogP contribution in [0.5, 0.6) is 0 Å². The molecule has 0 spiro atoms. The Morgan fingerprint density at radius 2 is 1.39 bits per heavy atom. The summed E-state index contributed by atoms with van der Waals surface area (Å²) in [5, 5.41) is -0.379. The van der Waals surface area contributed by atoms with Crippen molar-refractivity contribution in [2.45, 2.75) is 50.6 Å². The van der Waals surface area contributed by atoms with Gasteiger partial charge in [-0.05, 0) is 50.8 Å². The zero-order chi connectivity index (χ0) is 19.8. The van der Waals surface area contributed by atoms with Gasteiger partial charge in [0, 0.05) is 0 Å². The number of rotatable bonds is 4. The number of hydrogen-bond acceptors (Lipinski definition) is 3. The summed E-state index contributed by atoms with van der Waals surface area (Å²) in [5.74, 6) is 0. The third kappa shape index (κ3) is 3.57. The Bertz CT molecular complexity index is 829. The lowest BCUT2D eigenvalue weighted by Gasteiger charge is -2.37. The summed E-state index contributed by atoms with van der Waals surface area (Å²) in [7, 11) is -0.364. The topological polar surface area (TPSA) is 27.7 Å². The zero-order valence-corrected chi connectivity index (χ0v) is 17.3. The molecular weight excluding hydrogens is 347 g/mol. The van der Waals surface area contributed by atoms with E-state index < -0.39 is 0 Å². The van der Waals surface area contributed by atoms with Crippen LogP contribution in [-0.4, -0.2) is 31.5 Å². The summed E-state index contributed by atoms with van der Waals surface area (Å²) in [6.07, 6.45) is 3.15. The molecule has 1 fully saturated rings. The monoisotopic (exact) mass is 376 g/mol. The quantitative estimate of drug-likeness (QED) is 0.689. The predicted molar refractivity (Wildman–Crippen MR) is 114 cm³/mol. The van der Waals surface area contributed by atoms with E-state index in [9.17, 15) is 0 Å². The Kier molecular flexibility index (Phi) is 4.99. The van der Waals surface area contributed by atoms with E-state index in [1.807, 2.05) is 12.1 Å². The third-order valence-electron chi connectivity index (χ3n) is 6.33. The van der Waals surface area contributed by atoms with Gasteiger partial charge in [0.15, 0.2) is 0 Å². The van der Waals surface area contributed by atoms with Crippen molar-refractivity contribution in [2.75, 3.05) is 13.2 Å². The van der Waals surface area contributed by atoms with Gasteiger partial charge in [-0.25, -0.2) is 0 Å². The van der Waals surface area contributed by atoms with Gasteiger partial charge < -0.3 is 14.0 Å². The molecule has 1 unspecified atom stereocenters. The average Bonchev–Trinajstić information content (AvgIpc) is 2.91. The minimum absolute atomic E-state index is 0.364. The van der Waals surface area contributed by atoms with Crippen LogP contribution < -0.4 is 0 Å². The highest BCUT2D eigenvalue weighted by molar-refractivity contribution is 6.51. The van der Waals surface area contributed by atoms with Gasteiger partial charge in [0.2, 0.25) is 0 Å². The smallest absolute Gasteiger partial charge is 0.403 e. The third-order valence-corrected chi connectivity index (χ3v) is 6.33. The second-order valence-electron chi connectivity index (χ2n) is 9.01. The van der Waals surface area contributed by atoms with Crippen LogP contribution in [0.15, 0.2) is 66.7 Å². The van der Waals surface area contributed by atoms with E-state index in [0.717, 1.165) is 6.42 Å². The van der Waals surface area contributed by atoms with Crippen LogP contribution in [0.4, 0.5) is 0 Å². The lowest BCUT2D eigenvalue weighted by atomic mass is 9.53. The Balaban J connectivity index is 1.76. The maximum absolute atomic E-state index is 6.52. The maximum atomic E-state index is 6.52. The minimum atomic E-state index is -0.379. The summed E-state index contributed by atoms with van der Waals surface area (Å²) >= 11 is 0. The van der Waals surface area contributed by atoms with E-state index in [2.05, 4.69) is 82.3 Å². The fraction of sp³-hybridized carbons (Fsp3) is 0.417. The van der Waals surface area contributed by atoms with Gasteiger partial charge in [0.05, 0.1) is 29.7 Å². The average molecular weight is 376 g/mol. The van der Waals surface area contributed by atoms with E-state index in [-0.39, 0.29) is 23.6 Å². The number of ether oxygens (including phenoxy) is 1. The molecule has 2 heterocycles. The van der Waals surface area contributed by atoms with Crippen molar-refractivity contribution in [2.24, 2.45) is 0 Å². The molecule has 1 atom stereocenters. The van der Waals surface area contributed by atoms with Crippen LogP contribution in [0.1, 0.15) is 38.8 Å². The van der Waals surface area contributed by atoms with Crippen molar-refractivity contribution in [1.82, 2.24) is 0 Å². The molecule has 1 saturated heterocycles. The fourth-order valence-corrected chi connectivity index (χ4v) is 3.98. The highest BCUT2D eigenvalue weighted by Gasteiger charge is 2.59. The fourth-order valence-electron chi connectivity index (χ4n) is 3.98. The zero-order valence-electron chi connectivity index (χ0n) is 17.3. The van der Waals surface area contributed by atoms with Crippen molar-refractivity contribution in [3.63, 3.8) is 0 Å². The molecule has 0 radical (unpaired) electrons. The molecule has 2 aliphatic heterocycles. The van der Waals surface area contributed by atoms with Crippen LogP contribution in [-0.2, 0) is 20.5 Å². The van der Waals surface area contributed by atoms with Gasteiger partial charge in [-0.3, -0.25) is 0 Å². The highest BCUT2D eigenvalue weighted by Crippen LogP contribution is 2.50. The van der Waals surface area contributed by atoms with Gasteiger partial charge >= 0.3 is 7.12 Å². The van der Waals surface area contributed by atoms with Gasteiger partial charge in [-0.15, -0.1) is 0 Å². The minimum Gasteiger partial charge on any atom is -0.403 e. The molecule has 2 aliphatic rings. The van der Waals surface area contributed by atoms with E-state index in [1.165, 1.54) is 16.7 Å². The van der Waals surface area contributed by atoms with Crippen LogP contribution >= 0.6 is 0 Å². The second kappa shape index (κ2) is 7.18. The van der Waals surface area contributed by atoms with Crippen molar-refractivity contribution in [3.05, 3.63) is 77.9 Å². The van der Waals surface area contributed by atoms with Crippen LogP contribution in [0.3, 0.4) is 0 Å². The molecule has 0 aromatic heterocycles. The SMILES string of the molecule is CC1(C)OB(C2(Cc3ccccc3)C=C(c3ccccc3)COC2)OC1(C)C. The largest absolute Gasteiger partial charge is 0.471 e. The first-order valence-electron chi connectivity index (χ1n) is 10.1. The molecule has 0 N–H and O–H groups in total. The molecule has 2 aromatic carbocycles. The van der Waals surface area contributed by atoms with Gasteiger partial charge in [-0.2, -0.15) is 0 Å². The van der Waals surface area contributed by atoms with Crippen LogP contribution in [0.2, 0.25) is 5.31 Å². The Morgan fingerprint density at radius 3 is 2.00 bits per heavy atom. The molecule has 4 rings (SSSR count). The molecule has 28 heavy (non-hydrogen) atoms. The summed E-state index contributed by atoms with van der Waals surface area (Å²) in [6, 6.07) is 21.0. The summed E-state index contributed by atoms with van der Waals surface area (Å²) in [6.45, 7) is 9.61. The van der Waals surface area contributed by atoms with Crippen molar-refractivity contribution in [1.29, 1.82) is 0 Å². The molecule has 0 amide bonds. The predicted octanol–water partition coefficient (Wildman–Crippen LogP) is 5.18. The first-order chi connectivity index (χ1) is 13.3. The van der Waals surface area contributed by atoms with E-state index in [0.29, 0.717) is 13.2 Å². The molecule has 0 aliphatic carbocycles. The van der Waals surface area contributed by atoms with Crippen molar-refractivity contribution < 1.29 is 14.0 Å². The summed E-state index contributed by atoms with van der Waals surface area (Å²) in [4.78, 5) is 0. The van der Waals surface area contributed by atoms with E-state index >= 15 is 0 Å². The Hall–Kier alpha value is -1.88. The molecule has 4 heteroatoms.